The number of nitriles is 1. The molecule has 2 bridgehead atoms. The zero-order chi connectivity index (χ0) is 23.4. The van der Waals surface area contributed by atoms with Crippen LogP contribution in [0, 0.1) is 17.2 Å². The van der Waals surface area contributed by atoms with E-state index in [2.05, 4.69) is 11.4 Å². The highest BCUT2D eigenvalue weighted by Crippen LogP contribution is 2.48. The third-order valence-corrected chi connectivity index (χ3v) is 7.87. The van der Waals surface area contributed by atoms with E-state index >= 15 is 0 Å². The van der Waals surface area contributed by atoms with Crippen molar-refractivity contribution in [1.82, 2.24) is 20.0 Å². The molecule has 3 amide bonds. The van der Waals surface area contributed by atoms with Crippen molar-refractivity contribution >= 4 is 17.7 Å². The average molecular weight is 451 g/mol. The molecule has 1 aliphatic carbocycles. The first-order valence-electron chi connectivity index (χ1n) is 11.7. The van der Waals surface area contributed by atoms with E-state index in [-0.39, 0.29) is 47.9 Å². The van der Waals surface area contributed by atoms with Gasteiger partial charge in [0.1, 0.15) is 6.04 Å². The Bertz CT molecular complexity index is 1020. The number of carbonyl (C=O) groups is 3. The van der Waals surface area contributed by atoms with E-state index in [1.54, 1.807) is 24.1 Å². The van der Waals surface area contributed by atoms with Gasteiger partial charge in [0.25, 0.3) is 5.91 Å². The molecule has 3 saturated heterocycles. The van der Waals surface area contributed by atoms with Crippen molar-refractivity contribution in [3.63, 3.8) is 0 Å². The molecule has 1 saturated carbocycles. The van der Waals surface area contributed by atoms with Gasteiger partial charge in [0, 0.05) is 37.8 Å². The third kappa shape index (κ3) is 3.58. The Labute approximate surface area is 193 Å². The first-order chi connectivity index (χ1) is 15.8. The molecule has 5 rings (SSSR count). The smallest absolute Gasteiger partial charge is 0.251 e. The van der Waals surface area contributed by atoms with Crippen LogP contribution < -0.4 is 11.1 Å². The number of hydrogen-bond donors (Lipinski definition) is 2. The van der Waals surface area contributed by atoms with Crippen LogP contribution in [-0.4, -0.2) is 82.8 Å². The maximum absolute atomic E-state index is 13.2. The summed E-state index contributed by atoms with van der Waals surface area (Å²) in [7, 11) is 1.60. The summed E-state index contributed by atoms with van der Waals surface area (Å²) in [5.74, 6) is 0.213. The molecule has 6 unspecified atom stereocenters. The Kier molecular flexibility index (Phi) is 5.38. The Morgan fingerprint density at radius 3 is 2.61 bits per heavy atom. The zero-order valence-electron chi connectivity index (χ0n) is 19.0. The first-order valence-corrected chi connectivity index (χ1v) is 11.7. The lowest BCUT2D eigenvalue weighted by Gasteiger charge is -2.38. The summed E-state index contributed by atoms with van der Waals surface area (Å²) >= 11 is 0. The van der Waals surface area contributed by atoms with Crippen LogP contribution in [0.4, 0.5) is 0 Å². The van der Waals surface area contributed by atoms with Crippen molar-refractivity contribution in [2.24, 2.45) is 11.7 Å². The van der Waals surface area contributed by atoms with E-state index in [9.17, 15) is 19.6 Å². The number of fused-ring (bicyclic) bond motifs is 3. The number of rotatable bonds is 6. The normalized spacial score (nSPS) is 31.8. The Balaban J connectivity index is 1.21. The topological polar surface area (TPSA) is 123 Å². The van der Waals surface area contributed by atoms with Crippen molar-refractivity contribution < 1.29 is 14.4 Å². The van der Waals surface area contributed by atoms with Crippen LogP contribution >= 0.6 is 0 Å². The molecule has 3 heterocycles. The van der Waals surface area contributed by atoms with Gasteiger partial charge in [-0.1, -0.05) is 12.1 Å². The summed E-state index contributed by atoms with van der Waals surface area (Å²) in [4.78, 5) is 43.7. The number of benzene rings is 1. The van der Waals surface area contributed by atoms with Crippen LogP contribution in [0.1, 0.15) is 48.1 Å². The molecule has 9 heteroatoms. The second-order valence-electron chi connectivity index (χ2n) is 9.78. The van der Waals surface area contributed by atoms with Crippen LogP contribution in [0.2, 0.25) is 0 Å². The summed E-state index contributed by atoms with van der Waals surface area (Å²) in [5.41, 5.74) is 7.86. The summed E-state index contributed by atoms with van der Waals surface area (Å²) in [6, 6.07) is 8.38. The summed E-state index contributed by atoms with van der Waals surface area (Å²) in [5, 5.41) is 12.0. The quantitative estimate of drug-likeness (QED) is 0.640. The van der Waals surface area contributed by atoms with Crippen LogP contribution in [-0.2, 0) is 9.59 Å². The molecule has 7 atom stereocenters. The Morgan fingerprint density at radius 1 is 1.24 bits per heavy atom. The molecule has 4 fully saturated rings. The fourth-order valence-electron chi connectivity index (χ4n) is 6.03. The van der Waals surface area contributed by atoms with Gasteiger partial charge in [-0.05, 0) is 49.8 Å². The fraction of sp³-hybridized carbons (Fsp3) is 0.583. The lowest BCUT2D eigenvalue weighted by molar-refractivity contribution is -0.141. The lowest BCUT2D eigenvalue weighted by Crippen LogP contribution is -2.57. The predicted octanol–water partition coefficient (Wildman–Crippen LogP) is 0.233. The van der Waals surface area contributed by atoms with E-state index in [0.717, 1.165) is 24.8 Å². The van der Waals surface area contributed by atoms with E-state index in [1.807, 2.05) is 28.9 Å². The summed E-state index contributed by atoms with van der Waals surface area (Å²) in [6.07, 6.45) is 2.46. The highest BCUT2D eigenvalue weighted by atomic mass is 16.2. The SMILES string of the molecule is CNC(=O)c1ccc(C(C)N2C(=O)C3C[C@H]2CN3CC(N)C(=O)N2C(C#N)CC3CC32)cc1. The van der Waals surface area contributed by atoms with Crippen molar-refractivity contribution in [1.29, 1.82) is 5.26 Å². The van der Waals surface area contributed by atoms with Crippen LogP contribution in [0.5, 0.6) is 0 Å². The number of amides is 3. The number of likely N-dealkylation sites (tertiary alicyclic amines) is 3. The van der Waals surface area contributed by atoms with Crippen molar-refractivity contribution in [2.45, 2.75) is 62.4 Å². The molecular weight excluding hydrogens is 420 g/mol. The molecule has 0 spiro atoms. The molecule has 1 aromatic carbocycles. The largest absolute Gasteiger partial charge is 0.355 e. The molecule has 0 radical (unpaired) electrons. The summed E-state index contributed by atoms with van der Waals surface area (Å²) < 4.78 is 0. The molecule has 0 aromatic heterocycles. The van der Waals surface area contributed by atoms with Crippen LogP contribution in [0.3, 0.4) is 0 Å². The second-order valence-corrected chi connectivity index (χ2v) is 9.78. The van der Waals surface area contributed by atoms with Crippen molar-refractivity contribution in [3.05, 3.63) is 35.4 Å². The maximum Gasteiger partial charge on any atom is 0.251 e. The Hall–Kier alpha value is -2.96. The highest BCUT2D eigenvalue weighted by Gasteiger charge is 2.56. The van der Waals surface area contributed by atoms with Gasteiger partial charge < -0.3 is 20.9 Å². The minimum Gasteiger partial charge on any atom is -0.355 e. The van der Waals surface area contributed by atoms with Crippen LogP contribution in [0.25, 0.3) is 0 Å². The predicted molar refractivity (Wildman–Crippen MR) is 120 cm³/mol. The molecule has 3 N–H and O–H groups in total. The second kappa shape index (κ2) is 8.12. The number of piperidine rings is 1. The van der Waals surface area contributed by atoms with Gasteiger partial charge in [0.05, 0.1) is 24.2 Å². The number of hydrogen-bond acceptors (Lipinski definition) is 6. The van der Waals surface area contributed by atoms with E-state index < -0.39 is 6.04 Å². The molecule has 3 aliphatic heterocycles. The van der Waals surface area contributed by atoms with Gasteiger partial charge >= 0.3 is 0 Å². The van der Waals surface area contributed by atoms with Gasteiger partial charge in [0.2, 0.25) is 11.8 Å². The molecule has 1 aromatic rings. The lowest BCUT2D eigenvalue weighted by atomic mass is 10.0. The minimum absolute atomic E-state index is 0.0621. The Morgan fingerprint density at radius 2 is 1.97 bits per heavy atom. The standard InChI is InChI=1S/C24H30N6O3/c1-13(14-3-5-15(6-4-14)22(31)27-2)29-18-9-21(24(29)33)28(11-18)12-19(26)23(32)30-17(10-25)7-16-8-20(16)30/h3-6,13,16-21H,7-9,11-12,26H2,1-2H3,(H,27,31)/t13?,16?,17?,18-,19?,20?,21?/m0/s1. The monoisotopic (exact) mass is 450 g/mol. The molecule has 4 aliphatic rings. The van der Waals surface area contributed by atoms with Gasteiger partial charge in [-0.2, -0.15) is 5.26 Å². The molecule has 33 heavy (non-hydrogen) atoms. The fourth-order valence-corrected chi connectivity index (χ4v) is 6.03. The molecular formula is C24H30N6O3. The zero-order valence-corrected chi connectivity index (χ0v) is 19.0. The molecule has 9 nitrogen and oxygen atoms in total. The van der Waals surface area contributed by atoms with Crippen molar-refractivity contribution in [3.8, 4) is 6.07 Å². The van der Waals surface area contributed by atoms with Gasteiger partial charge in [-0.25, -0.2) is 0 Å². The molecule has 174 valence electrons. The number of nitrogens with two attached hydrogens (primary N) is 1. The maximum atomic E-state index is 13.2. The van der Waals surface area contributed by atoms with E-state index in [1.165, 1.54) is 0 Å². The highest BCUT2D eigenvalue weighted by molar-refractivity contribution is 5.94. The number of nitrogens with zero attached hydrogens (tertiary/aromatic N) is 4. The first kappa shape index (κ1) is 21.9. The van der Waals surface area contributed by atoms with Crippen molar-refractivity contribution in [2.75, 3.05) is 20.1 Å². The van der Waals surface area contributed by atoms with Gasteiger partial charge in [0.15, 0.2) is 0 Å². The number of piperazine rings is 1. The van der Waals surface area contributed by atoms with E-state index in [0.29, 0.717) is 24.6 Å². The third-order valence-electron chi connectivity index (χ3n) is 7.87. The van der Waals surface area contributed by atoms with Crippen LogP contribution in [0.15, 0.2) is 24.3 Å². The summed E-state index contributed by atoms with van der Waals surface area (Å²) in [6.45, 7) is 3.03. The average Bonchev–Trinajstić information content (AvgIpc) is 3.15. The van der Waals surface area contributed by atoms with E-state index in [4.69, 9.17) is 5.73 Å². The van der Waals surface area contributed by atoms with Gasteiger partial charge in [-0.15, -0.1) is 0 Å². The number of carbonyl (C=O) groups excluding carboxylic acids is 3. The number of nitrogens with one attached hydrogen (secondary N) is 1. The minimum atomic E-state index is -0.726. The van der Waals surface area contributed by atoms with Gasteiger partial charge in [-0.3, -0.25) is 19.3 Å².